The number of ether oxygens (including phenoxy) is 4. The fraction of sp³-hybridized carbons (Fsp3) is 0.485. The van der Waals surface area contributed by atoms with Crippen molar-refractivity contribution in [1.29, 1.82) is 0 Å². The van der Waals surface area contributed by atoms with Gasteiger partial charge in [-0.15, -0.1) is 0 Å². The average molecular weight is 925 g/mol. The first-order valence-corrected chi connectivity index (χ1v) is 21.8. The van der Waals surface area contributed by atoms with Gasteiger partial charge in [0, 0.05) is 29.6 Å². The molecular weight excluding hydrogens is 882 g/mol. The number of esters is 2. The second-order valence-electron chi connectivity index (χ2n) is 14.0. The zero-order valence-electron chi connectivity index (χ0n) is 32.7. The number of fused-ring (bicyclic) bond motifs is 1. The molecule has 30 heteroatoms. The van der Waals surface area contributed by atoms with Gasteiger partial charge in [0.05, 0.1) is 19.5 Å². The monoisotopic (exact) mass is 924 g/mol. The van der Waals surface area contributed by atoms with E-state index in [1.54, 1.807) is 24.3 Å². The predicted molar refractivity (Wildman–Crippen MR) is 211 cm³/mol. The Balaban J connectivity index is 1.09. The van der Waals surface area contributed by atoms with Crippen LogP contribution in [0.15, 0.2) is 59.1 Å². The van der Waals surface area contributed by atoms with Gasteiger partial charge in [0.1, 0.15) is 61.0 Å². The number of hydrogen-bond donors (Lipinski definition) is 7. The Morgan fingerprint density at radius 1 is 1.02 bits per heavy atom. The van der Waals surface area contributed by atoms with Gasteiger partial charge in [-0.2, -0.15) is 4.98 Å². The lowest BCUT2D eigenvalue weighted by Gasteiger charge is -2.24. The summed E-state index contributed by atoms with van der Waals surface area (Å²) in [6.07, 6.45) is -6.47. The number of imidazole rings is 1. The van der Waals surface area contributed by atoms with Crippen molar-refractivity contribution in [2.24, 2.45) is 10.8 Å². The molecule has 28 nitrogen and oxygen atoms in total. The average Bonchev–Trinajstić information content (AvgIpc) is 3.92. The van der Waals surface area contributed by atoms with Gasteiger partial charge < -0.3 is 55.9 Å². The van der Waals surface area contributed by atoms with Crippen molar-refractivity contribution in [1.82, 2.24) is 29.1 Å². The molecule has 340 valence electrons. The summed E-state index contributed by atoms with van der Waals surface area (Å²) in [5.74, 6) is -1.61. The van der Waals surface area contributed by atoms with Gasteiger partial charge in [-0.25, -0.2) is 28.9 Å². The lowest BCUT2D eigenvalue weighted by Crippen LogP contribution is -2.43. The van der Waals surface area contributed by atoms with Gasteiger partial charge in [0.25, 0.3) is 0 Å². The van der Waals surface area contributed by atoms with E-state index in [1.807, 2.05) is 0 Å². The zero-order valence-corrected chi connectivity index (χ0v) is 34.5. The highest BCUT2D eigenvalue weighted by Gasteiger charge is 2.50. The molecule has 0 amide bonds. The number of nitrogens with zero attached hydrogens (tertiary/aromatic N) is 9. The number of aromatic nitrogens is 6. The Labute approximate surface area is 354 Å². The number of azide groups is 1. The van der Waals surface area contributed by atoms with Crippen molar-refractivity contribution < 1.29 is 71.0 Å². The van der Waals surface area contributed by atoms with E-state index in [0.29, 0.717) is 17.7 Å². The van der Waals surface area contributed by atoms with Crippen LogP contribution in [0.3, 0.4) is 0 Å². The Bertz CT molecular complexity index is 2470. The van der Waals surface area contributed by atoms with E-state index in [2.05, 4.69) is 34.5 Å². The van der Waals surface area contributed by atoms with Crippen LogP contribution in [0.25, 0.3) is 21.6 Å². The number of phosphoric acid groups is 2. The van der Waals surface area contributed by atoms with Crippen LogP contribution in [-0.4, -0.2) is 111 Å². The van der Waals surface area contributed by atoms with Crippen LogP contribution in [0, 0.1) is 0 Å². The first kappa shape index (κ1) is 47.0. The molecule has 0 radical (unpaired) electrons. The van der Waals surface area contributed by atoms with Crippen molar-refractivity contribution in [3.63, 3.8) is 0 Å². The fourth-order valence-corrected chi connectivity index (χ4v) is 7.82. The van der Waals surface area contributed by atoms with Gasteiger partial charge in [-0.3, -0.25) is 32.3 Å². The third-order valence-corrected chi connectivity index (χ3v) is 11.1. The second kappa shape index (κ2) is 20.4. The number of phosphoric ester groups is 2. The summed E-state index contributed by atoms with van der Waals surface area (Å²) < 4.78 is 64.9. The highest BCUT2D eigenvalue weighted by Crippen LogP contribution is 2.50. The number of carbonyl (C=O) groups is 2. The van der Waals surface area contributed by atoms with Gasteiger partial charge in [-0.05, 0) is 30.0 Å². The molecule has 63 heavy (non-hydrogen) atoms. The number of unbranched alkanes of at least 4 members (excludes halogenated alkanes) is 1. The normalized spacial score (nSPS) is 23.8. The molecule has 1 aromatic carbocycles. The maximum absolute atomic E-state index is 13.4. The summed E-state index contributed by atoms with van der Waals surface area (Å²) in [6.45, 7) is -1.74. The molecule has 1 unspecified atom stereocenters. The first-order chi connectivity index (χ1) is 29.9. The Hall–Kier alpha value is -5.44. The maximum Gasteiger partial charge on any atom is 0.472 e. The molecule has 10 N–H and O–H groups in total. The summed E-state index contributed by atoms with van der Waals surface area (Å²) in [5, 5.41) is 15.0. The number of nitrogens with two attached hydrogens (primary N) is 3. The molecule has 2 aliphatic heterocycles. The number of anilines is 2. The lowest BCUT2D eigenvalue weighted by molar-refractivity contribution is -0.158. The molecule has 2 fully saturated rings. The Morgan fingerprint density at radius 2 is 1.76 bits per heavy atom. The Morgan fingerprint density at radius 3 is 2.48 bits per heavy atom. The quantitative estimate of drug-likeness (QED) is 0.0162. The topological polar surface area (TPSA) is 419 Å². The van der Waals surface area contributed by atoms with Crippen LogP contribution >= 0.6 is 15.6 Å². The molecule has 0 aliphatic carbocycles. The molecule has 0 bridgehead atoms. The maximum atomic E-state index is 13.4. The van der Waals surface area contributed by atoms with Crippen LogP contribution in [-0.2, 0) is 57.8 Å². The largest absolute Gasteiger partial charge is 0.472 e. The molecule has 2 aliphatic rings. The summed E-state index contributed by atoms with van der Waals surface area (Å²) >= 11 is 0. The number of aliphatic hydroxyl groups is 1. The zero-order chi connectivity index (χ0) is 45.5. The molecule has 9 atom stereocenters. The fourth-order valence-electron chi connectivity index (χ4n) is 6.52. The molecular formula is C33H42N12O16P2. The van der Waals surface area contributed by atoms with Crippen molar-refractivity contribution in [3.8, 4) is 0 Å². The summed E-state index contributed by atoms with van der Waals surface area (Å²) in [6, 6.07) is 6.45. The third-order valence-electron chi connectivity index (χ3n) is 9.59. The van der Waals surface area contributed by atoms with Gasteiger partial charge in [-0.1, -0.05) is 35.8 Å². The van der Waals surface area contributed by atoms with Crippen LogP contribution < -0.4 is 22.9 Å². The van der Waals surface area contributed by atoms with E-state index < -0.39 is 95.5 Å². The molecule has 0 spiro atoms. The van der Waals surface area contributed by atoms with Crippen molar-refractivity contribution >= 4 is 56.1 Å². The van der Waals surface area contributed by atoms with Crippen LogP contribution in [0.2, 0.25) is 0 Å². The smallest absolute Gasteiger partial charge is 0.461 e. The van der Waals surface area contributed by atoms with Crippen molar-refractivity contribution in [2.75, 3.05) is 24.7 Å². The number of hydrogen-bond acceptors (Lipinski definition) is 21. The van der Waals surface area contributed by atoms with Gasteiger partial charge >= 0.3 is 33.3 Å². The van der Waals surface area contributed by atoms with E-state index in [0.717, 1.165) is 10.9 Å². The summed E-state index contributed by atoms with van der Waals surface area (Å²) in [5.41, 5.74) is 26.6. The molecule has 2 saturated heterocycles. The van der Waals surface area contributed by atoms with Crippen molar-refractivity contribution in [2.45, 2.75) is 87.7 Å². The number of nitrogen functional groups attached to an aromatic ring is 2. The van der Waals surface area contributed by atoms with E-state index in [4.69, 9.17) is 50.7 Å². The minimum absolute atomic E-state index is 0.00468. The number of aliphatic hydroxyl groups excluding tert-OH is 1. The molecule has 0 saturated carbocycles. The highest BCUT2D eigenvalue weighted by atomic mass is 31.2. The molecule has 3 aromatic heterocycles. The van der Waals surface area contributed by atoms with Crippen LogP contribution in [0.5, 0.6) is 0 Å². The number of rotatable bonds is 20. The standard InChI is InChI=1S/C33H42N12O16P2/c34-19(3-1-2-4-25(46)55-12-17-5-7-18(8-6-17)42-43-37)32(48)60-28-22(59-31(27(28)47)45-16-40-26-29(36)38-15-39-30(26)45)14-57-63(53,54)61-20-11-24(44-10-9-23(35)41-33(44)49)58-21(20)13-56-62(50,51)52/h5-10,15-16,19-22,24,27-28,31,47H,1-4,11-14,34H2,(H,53,54)(H2,35,41,49)(H2,36,38,39)(H2,50,51,52)/t19-,20-,21+,22+,24+,27+,28+,31+/m0/s1. The SMILES string of the molecule is [N-]=[N+]=Nc1ccc(COC(=O)CCCC[C@H](N)C(=O)O[C@H]2[C@@H](O)[C@H](n3cnc4c(N)ncnc43)O[C@@H]2COP(=O)(O)O[C@H]2C[C@H](n3ccc(N)nc3=O)O[C@@H]2COP(=O)(O)O)cc1. The summed E-state index contributed by atoms with van der Waals surface area (Å²) in [4.78, 5) is 86.0. The van der Waals surface area contributed by atoms with E-state index >= 15 is 0 Å². The minimum atomic E-state index is -5.20. The summed E-state index contributed by atoms with van der Waals surface area (Å²) in [7, 11) is -10.3. The molecule has 5 heterocycles. The minimum Gasteiger partial charge on any atom is -0.461 e. The van der Waals surface area contributed by atoms with Gasteiger partial charge in [0.15, 0.2) is 23.8 Å². The van der Waals surface area contributed by atoms with E-state index in [-0.39, 0.29) is 55.1 Å². The van der Waals surface area contributed by atoms with Crippen LogP contribution in [0.4, 0.5) is 17.3 Å². The third kappa shape index (κ3) is 12.4. The number of carbonyl (C=O) groups excluding carboxylic acids is 2. The molecule has 4 aromatic rings. The van der Waals surface area contributed by atoms with Crippen molar-refractivity contribution in [3.05, 3.63) is 75.7 Å². The van der Waals surface area contributed by atoms with Crippen LogP contribution in [0.1, 0.15) is 50.1 Å². The van der Waals surface area contributed by atoms with E-state index in [1.165, 1.54) is 23.2 Å². The first-order valence-electron chi connectivity index (χ1n) is 18.8. The lowest BCUT2D eigenvalue weighted by atomic mass is 10.1. The van der Waals surface area contributed by atoms with Gasteiger partial charge in [0.2, 0.25) is 0 Å². The number of benzene rings is 1. The second-order valence-corrected chi connectivity index (χ2v) is 16.7. The molecule has 6 rings (SSSR count). The predicted octanol–water partition coefficient (Wildman–Crippen LogP) is 0.890. The Kier molecular flexibility index (Phi) is 15.2. The van der Waals surface area contributed by atoms with E-state index in [9.17, 15) is 43.3 Å². The highest BCUT2D eigenvalue weighted by molar-refractivity contribution is 7.47.